The van der Waals surface area contributed by atoms with Crippen LogP contribution >= 0.6 is 0 Å². The van der Waals surface area contributed by atoms with Gasteiger partial charge < -0.3 is 34.6 Å². The highest BCUT2D eigenvalue weighted by Gasteiger charge is 2.39. The van der Waals surface area contributed by atoms with Crippen molar-refractivity contribution >= 4 is 29.1 Å². The van der Waals surface area contributed by atoms with Gasteiger partial charge in [-0.3, -0.25) is 9.59 Å². The van der Waals surface area contributed by atoms with Gasteiger partial charge in [-0.1, -0.05) is 58.4 Å². The van der Waals surface area contributed by atoms with Gasteiger partial charge in [0.2, 0.25) is 11.8 Å². The van der Waals surface area contributed by atoms with E-state index in [9.17, 15) is 14.4 Å². The highest BCUT2D eigenvalue weighted by Crippen LogP contribution is 2.44. The Bertz CT molecular complexity index is 1830. The maximum absolute atomic E-state index is 13.6. The Balaban J connectivity index is 1.08. The summed E-state index contributed by atoms with van der Waals surface area (Å²) < 4.78 is 11.4. The second kappa shape index (κ2) is 16.5. The van der Waals surface area contributed by atoms with Crippen LogP contribution < -0.4 is 5.32 Å². The maximum atomic E-state index is 13.6. The van der Waals surface area contributed by atoms with Gasteiger partial charge in [-0.15, -0.1) is 0 Å². The zero-order valence-electron chi connectivity index (χ0n) is 32.5. The first kappa shape index (κ1) is 37.8. The van der Waals surface area contributed by atoms with E-state index >= 15 is 0 Å². The van der Waals surface area contributed by atoms with Crippen molar-refractivity contribution in [1.29, 1.82) is 0 Å². The molecule has 12 nitrogen and oxygen atoms in total. The second-order valence-electron chi connectivity index (χ2n) is 16.3. The molecule has 3 saturated heterocycles. The van der Waals surface area contributed by atoms with Crippen LogP contribution in [-0.4, -0.2) is 86.6 Å². The number of hydrogen-bond acceptors (Lipinski definition) is 7. The van der Waals surface area contributed by atoms with Crippen LogP contribution in [0, 0.1) is 17.8 Å². The summed E-state index contributed by atoms with van der Waals surface area (Å²) in [4.78, 5) is 59.3. The van der Waals surface area contributed by atoms with Crippen LogP contribution in [-0.2, 0) is 19.1 Å². The molecule has 5 atom stereocenters. The number of carbonyl (C=O) groups excluding carboxylic acids is 3. The van der Waals surface area contributed by atoms with Crippen molar-refractivity contribution in [3.05, 3.63) is 70.9 Å². The maximum Gasteiger partial charge on any atom is 0.407 e. The van der Waals surface area contributed by atoms with Gasteiger partial charge in [-0.25, -0.2) is 14.8 Å². The van der Waals surface area contributed by atoms with Crippen LogP contribution in [0.4, 0.5) is 4.79 Å². The molecule has 0 spiro atoms. The molecule has 5 unspecified atom stereocenters. The van der Waals surface area contributed by atoms with Gasteiger partial charge in [0.25, 0.3) is 0 Å². The summed E-state index contributed by atoms with van der Waals surface area (Å²) in [7, 11) is 1.31. The fourth-order valence-electron chi connectivity index (χ4n) is 8.98. The van der Waals surface area contributed by atoms with Gasteiger partial charge in [-0.05, 0) is 85.5 Å². The number of H-pyrrole nitrogens is 2. The molecule has 7 rings (SSSR count). The van der Waals surface area contributed by atoms with Gasteiger partial charge in [0.1, 0.15) is 17.7 Å². The van der Waals surface area contributed by atoms with Crippen molar-refractivity contribution < 1.29 is 23.9 Å². The standard InChI is InChI=1S/C42H57N7O5/c1-25(2)22-36(50)48-19-8-11-34(48)39-44-24-33(46-39)30-18-17-29(38-31(30)10-6-7-21-54-38)27-13-15-28(16-14-27)32-23-43-40(45-32)35-12-9-20-49(35)41(51)37(26(3)4)47-42(52)53-5/h13,15,17-18,23-26,31,34-35,37-38H,6-12,14,16,19-22H2,1-5H3,(H,43,45)(H,44,46)(H,47,52). The lowest BCUT2D eigenvalue weighted by Gasteiger charge is -2.33. The van der Waals surface area contributed by atoms with Gasteiger partial charge in [0.15, 0.2) is 0 Å². The molecule has 0 bridgehead atoms. The SMILES string of the molecule is COC(=O)NC(C(=O)N1CCCC1c1ncc(C2=CC=C(C3=CC=C(c4cnc(C5CCCN5C(=O)CC(C)C)[nH]4)C4CCCCOC34)CC2)[nH]1)C(C)C. The number of ether oxygens (including phenoxy) is 2. The highest BCUT2D eigenvalue weighted by atomic mass is 16.5. The molecule has 290 valence electrons. The molecule has 2 aromatic heterocycles. The zero-order valence-corrected chi connectivity index (χ0v) is 32.5. The van der Waals surface area contributed by atoms with E-state index in [4.69, 9.17) is 19.4 Å². The predicted octanol–water partition coefficient (Wildman–Crippen LogP) is 7.20. The van der Waals surface area contributed by atoms with E-state index in [2.05, 4.69) is 53.4 Å². The second-order valence-corrected chi connectivity index (χ2v) is 16.3. The van der Waals surface area contributed by atoms with Crippen molar-refractivity contribution in [2.24, 2.45) is 17.8 Å². The van der Waals surface area contributed by atoms with E-state index < -0.39 is 12.1 Å². The molecule has 12 heteroatoms. The molecule has 0 aromatic carbocycles. The number of carbonyl (C=O) groups is 3. The fourth-order valence-corrected chi connectivity index (χ4v) is 8.98. The largest absolute Gasteiger partial charge is 0.453 e. The number of alkyl carbamates (subject to hydrolysis) is 1. The quantitative estimate of drug-likeness (QED) is 0.234. The lowest BCUT2D eigenvalue weighted by molar-refractivity contribution is -0.135. The number of imidazole rings is 2. The first-order valence-electron chi connectivity index (χ1n) is 20.1. The Morgan fingerprint density at radius 1 is 0.833 bits per heavy atom. The first-order valence-corrected chi connectivity index (χ1v) is 20.1. The van der Waals surface area contributed by atoms with Gasteiger partial charge in [-0.2, -0.15) is 0 Å². The molecular weight excluding hydrogens is 683 g/mol. The third kappa shape index (κ3) is 7.85. The summed E-state index contributed by atoms with van der Waals surface area (Å²) in [6.07, 6.45) is 21.3. The van der Waals surface area contributed by atoms with Crippen LogP contribution in [0.5, 0.6) is 0 Å². The summed E-state index contributed by atoms with van der Waals surface area (Å²) in [6.45, 7) is 10.2. The molecule has 3 amide bonds. The Hall–Kier alpha value is -4.45. The van der Waals surface area contributed by atoms with Crippen molar-refractivity contribution in [2.45, 2.75) is 116 Å². The molecule has 3 aliphatic heterocycles. The summed E-state index contributed by atoms with van der Waals surface area (Å²) in [5, 5.41) is 2.72. The number of rotatable bonds is 10. The van der Waals surface area contributed by atoms with Crippen LogP contribution in [0.15, 0.2) is 47.8 Å². The van der Waals surface area contributed by atoms with Crippen molar-refractivity contribution in [1.82, 2.24) is 35.1 Å². The summed E-state index contributed by atoms with van der Waals surface area (Å²) >= 11 is 0. The minimum atomic E-state index is -0.666. The van der Waals surface area contributed by atoms with Crippen LogP contribution in [0.25, 0.3) is 11.1 Å². The van der Waals surface area contributed by atoms with E-state index in [1.807, 2.05) is 36.0 Å². The van der Waals surface area contributed by atoms with Gasteiger partial charge in [0, 0.05) is 32.0 Å². The monoisotopic (exact) mass is 739 g/mol. The smallest absolute Gasteiger partial charge is 0.407 e. The summed E-state index contributed by atoms with van der Waals surface area (Å²) in [5.74, 6) is 2.24. The number of hydrogen-bond donors (Lipinski definition) is 3. The number of aromatic amines is 2. The number of aromatic nitrogens is 4. The number of likely N-dealkylation sites (tertiary alicyclic amines) is 2. The molecule has 2 aromatic rings. The molecule has 3 fully saturated rings. The number of nitrogens with zero attached hydrogens (tertiary/aromatic N) is 4. The van der Waals surface area contributed by atoms with Crippen LogP contribution in [0.2, 0.25) is 0 Å². The van der Waals surface area contributed by atoms with Crippen molar-refractivity contribution in [2.75, 3.05) is 26.8 Å². The molecule has 0 radical (unpaired) electrons. The molecule has 3 N–H and O–H groups in total. The van der Waals surface area contributed by atoms with Gasteiger partial charge in [0.05, 0.1) is 49.1 Å². The topological polar surface area (TPSA) is 146 Å². The van der Waals surface area contributed by atoms with Crippen LogP contribution in [0.3, 0.4) is 0 Å². The lowest BCUT2D eigenvalue weighted by Crippen LogP contribution is -2.51. The Morgan fingerprint density at radius 3 is 2.17 bits per heavy atom. The van der Waals surface area contributed by atoms with Crippen molar-refractivity contribution in [3.63, 3.8) is 0 Å². The van der Waals surface area contributed by atoms with Gasteiger partial charge >= 0.3 is 6.09 Å². The Morgan fingerprint density at radius 2 is 1.48 bits per heavy atom. The average molecular weight is 740 g/mol. The highest BCUT2D eigenvalue weighted by molar-refractivity contribution is 5.86. The number of nitrogens with one attached hydrogen (secondary N) is 3. The number of fused-ring (bicyclic) bond motifs is 1. The van der Waals surface area contributed by atoms with Crippen LogP contribution in [0.1, 0.15) is 127 Å². The van der Waals surface area contributed by atoms with E-state index in [1.165, 1.54) is 29.4 Å². The lowest BCUT2D eigenvalue weighted by atomic mass is 9.76. The molecule has 54 heavy (non-hydrogen) atoms. The fraction of sp³-hybridized carbons (Fsp3) is 0.595. The normalized spacial score (nSPS) is 25.1. The third-order valence-corrected chi connectivity index (χ3v) is 11.8. The summed E-state index contributed by atoms with van der Waals surface area (Å²) in [5.41, 5.74) is 6.97. The molecular formula is C42H57N7O5. The predicted molar refractivity (Wildman–Crippen MR) is 207 cm³/mol. The molecule has 0 saturated carbocycles. The molecule has 5 aliphatic rings. The number of allylic oxidation sites excluding steroid dienone is 5. The minimum Gasteiger partial charge on any atom is -0.453 e. The van der Waals surface area contributed by atoms with E-state index in [0.717, 1.165) is 94.0 Å². The molecule has 2 aliphatic carbocycles. The van der Waals surface area contributed by atoms with E-state index in [-0.39, 0.29) is 41.8 Å². The Labute approximate surface area is 318 Å². The van der Waals surface area contributed by atoms with E-state index in [0.29, 0.717) is 18.9 Å². The number of amides is 3. The zero-order chi connectivity index (χ0) is 37.9. The average Bonchev–Trinajstić information content (AvgIpc) is 3.99. The summed E-state index contributed by atoms with van der Waals surface area (Å²) in [6, 6.07) is -0.830. The number of methoxy groups -OCH3 is 1. The molecule has 5 heterocycles. The Kier molecular flexibility index (Phi) is 11.6. The first-order chi connectivity index (χ1) is 26.1. The van der Waals surface area contributed by atoms with E-state index in [1.54, 1.807) is 0 Å². The van der Waals surface area contributed by atoms with Crippen molar-refractivity contribution in [3.8, 4) is 0 Å². The third-order valence-electron chi connectivity index (χ3n) is 11.8. The minimum absolute atomic E-state index is 0.00737.